The van der Waals surface area contributed by atoms with Gasteiger partial charge in [-0.15, -0.1) is 0 Å². The minimum atomic E-state index is -0.194. The van der Waals surface area contributed by atoms with Crippen molar-refractivity contribution in [3.8, 4) is 11.3 Å². The fraction of sp³-hybridized carbons (Fsp3) is 0.368. The van der Waals surface area contributed by atoms with Gasteiger partial charge in [0, 0.05) is 30.8 Å². The highest BCUT2D eigenvalue weighted by Crippen LogP contribution is 2.26. The quantitative estimate of drug-likeness (QED) is 0.788. The van der Waals surface area contributed by atoms with Gasteiger partial charge in [0.2, 0.25) is 0 Å². The molecule has 124 valence electrons. The van der Waals surface area contributed by atoms with Crippen LogP contribution in [0.3, 0.4) is 0 Å². The maximum absolute atomic E-state index is 9.94. The van der Waals surface area contributed by atoms with Crippen LogP contribution in [0.25, 0.3) is 16.9 Å². The van der Waals surface area contributed by atoms with Crippen LogP contribution in [0, 0.1) is 6.92 Å². The molecule has 1 N–H and O–H groups in total. The number of aryl methyl sites for hydroxylation is 1. The number of hydrogen-bond acceptors (Lipinski definition) is 4. The van der Waals surface area contributed by atoms with Gasteiger partial charge in [-0.25, -0.2) is 4.98 Å². The molecule has 0 radical (unpaired) electrons. The van der Waals surface area contributed by atoms with E-state index in [1.165, 1.54) is 0 Å². The van der Waals surface area contributed by atoms with Crippen LogP contribution < -0.4 is 4.90 Å². The summed E-state index contributed by atoms with van der Waals surface area (Å²) in [4.78, 5) is 7.11. The minimum absolute atomic E-state index is 0.194. The van der Waals surface area contributed by atoms with E-state index >= 15 is 0 Å². The van der Waals surface area contributed by atoms with Crippen LogP contribution in [-0.4, -0.2) is 38.9 Å². The molecular weight excluding hydrogens is 300 g/mol. The predicted molar refractivity (Wildman–Crippen MR) is 95.2 cm³/mol. The van der Waals surface area contributed by atoms with E-state index in [1.54, 1.807) is 0 Å². The number of rotatable bonds is 2. The van der Waals surface area contributed by atoms with Crippen molar-refractivity contribution in [3.05, 3.63) is 48.2 Å². The molecular formula is C19H22N4O. The van der Waals surface area contributed by atoms with Gasteiger partial charge in [-0.05, 0) is 26.2 Å². The smallest absolute Gasteiger partial charge is 0.158 e. The fourth-order valence-corrected chi connectivity index (χ4v) is 3.36. The van der Waals surface area contributed by atoms with Crippen LogP contribution in [0.1, 0.15) is 25.0 Å². The first kappa shape index (κ1) is 15.1. The molecule has 1 aromatic carbocycles. The van der Waals surface area contributed by atoms with Crippen molar-refractivity contribution < 1.29 is 5.11 Å². The highest BCUT2D eigenvalue weighted by molar-refractivity contribution is 5.67. The molecule has 0 spiro atoms. The Morgan fingerprint density at radius 3 is 2.75 bits per heavy atom. The van der Waals surface area contributed by atoms with Crippen molar-refractivity contribution in [1.82, 2.24) is 14.6 Å². The van der Waals surface area contributed by atoms with Crippen molar-refractivity contribution in [1.29, 1.82) is 0 Å². The van der Waals surface area contributed by atoms with E-state index in [4.69, 9.17) is 4.98 Å². The molecule has 5 heteroatoms. The van der Waals surface area contributed by atoms with Crippen molar-refractivity contribution >= 4 is 11.5 Å². The van der Waals surface area contributed by atoms with Gasteiger partial charge in [0.25, 0.3) is 0 Å². The lowest BCUT2D eigenvalue weighted by Crippen LogP contribution is -2.27. The molecule has 1 aliphatic heterocycles. The standard InChI is InChI=1S/C19H22N4O/c1-14-12-18-20-17(15-6-3-2-4-7-15)13-19(23(18)21-14)22-10-5-8-16(24)9-11-22/h2-4,6-7,12-13,16,24H,5,8-11H2,1H3. The van der Waals surface area contributed by atoms with Gasteiger partial charge in [0.1, 0.15) is 5.82 Å². The summed E-state index contributed by atoms with van der Waals surface area (Å²) >= 11 is 0. The molecule has 1 aliphatic rings. The molecule has 0 bridgehead atoms. The number of benzene rings is 1. The first-order valence-corrected chi connectivity index (χ1v) is 8.56. The lowest BCUT2D eigenvalue weighted by atomic mass is 10.1. The molecule has 0 saturated carbocycles. The summed E-state index contributed by atoms with van der Waals surface area (Å²) in [5.74, 6) is 1.06. The molecule has 1 saturated heterocycles. The fourth-order valence-electron chi connectivity index (χ4n) is 3.36. The highest BCUT2D eigenvalue weighted by atomic mass is 16.3. The predicted octanol–water partition coefficient (Wildman–Crippen LogP) is 3.06. The summed E-state index contributed by atoms with van der Waals surface area (Å²) in [6.07, 6.45) is 2.46. The SMILES string of the molecule is Cc1cc2nc(-c3ccccc3)cc(N3CCCC(O)CC3)n2n1. The highest BCUT2D eigenvalue weighted by Gasteiger charge is 2.19. The Kier molecular flexibility index (Phi) is 3.94. The molecule has 3 aromatic rings. The van der Waals surface area contributed by atoms with E-state index in [1.807, 2.05) is 35.7 Å². The number of nitrogens with zero attached hydrogens (tertiary/aromatic N) is 4. The Bertz CT molecular complexity index is 843. The first-order valence-electron chi connectivity index (χ1n) is 8.56. The Balaban J connectivity index is 1.83. The summed E-state index contributed by atoms with van der Waals surface area (Å²) in [5.41, 5.74) is 3.90. The van der Waals surface area contributed by atoms with E-state index in [0.29, 0.717) is 0 Å². The molecule has 0 aliphatic carbocycles. The summed E-state index contributed by atoms with van der Waals surface area (Å²) in [6.45, 7) is 3.77. The van der Waals surface area contributed by atoms with Gasteiger partial charge in [0.05, 0.1) is 17.5 Å². The normalized spacial score (nSPS) is 18.8. The van der Waals surface area contributed by atoms with Gasteiger partial charge < -0.3 is 10.0 Å². The molecule has 0 amide bonds. The maximum Gasteiger partial charge on any atom is 0.158 e. The van der Waals surface area contributed by atoms with Crippen molar-refractivity contribution in [3.63, 3.8) is 0 Å². The number of hydrogen-bond donors (Lipinski definition) is 1. The Labute approximate surface area is 141 Å². The monoisotopic (exact) mass is 322 g/mol. The van der Waals surface area contributed by atoms with Gasteiger partial charge in [-0.2, -0.15) is 9.61 Å². The van der Waals surface area contributed by atoms with E-state index in [9.17, 15) is 5.11 Å². The summed E-state index contributed by atoms with van der Waals surface area (Å²) in [7, 11) is 0. The molecule has 1 atom stereocenters. The second-order valence-corrected chi connectivity index (χ2v) is 6.49. The number of anilines is 1. The van der Waals surface area contributed by atoms with E-state index in [0.717, 1.165) is 60.8 Å². The van der Waals surface area contributed by atoms with Gasteiger partial charge in [-0.1, -0.05) is 30.3 Å². The molecule has 1 unspecified atom stereocenters. The average Bonchev–Trinajstić information content (AvgIpc) is 2.84. The first-order chi connectivity index (χ1) is 11.7. The van der Waals surface area contributed by atoms with Crippen LogP contribution in [0.2, 0.25) is 0 Å². The third kappa shape index (κ3) is 2.87. The van der Waals surface area contributed by atoms with Crippen LogP contribution in [0.4, 0.5) is 5.82 Å². The lowest BCUT2D eigenvalue weighted by Gasteiger charge is -2.23. The maximum atomic E-state index is 9.94. The second-order valence-electron chi connectivity index (χ2n) is 6.49. The Morgan fingerprint density at radius 1 is 1.08 bits per heavy atom. The molecule has 1 fully saturated rings. The zero-order valence-corrected chi connectivity index (χ0v) is 13.9. The van der Waals surface area contributed by atoms with Crippen LogP contribution in [0.15, 0.2) is 42.5 Å². The van der Waals surface area contributed by atoms with Crippen LogP contribution in [-0.2, 0) is 0 Å². The van der Waals surface area contributed by atoms with E-state index < -0.39 is 0 Å². The van der Waals surface area contributed by atoms with Gasteiger partial charge >= 0.3 is 0 Å². The van der Waals surface area contributed by atoms with E-state index in [-0.39, 0.29) is 6.10 Å². The van der Waals surface area contributed by atoms with E-state index in [2.05, 4.69) is 28.2 Å². The molecule has 3 heterocycles. The molecule has 4 rings (SSSR count). The largest absolute Gasteiger partial charge is 0.393 e. The Hall–Kier alpha value is -2.40. The van der Waals surface area contributed by atoms with Crippen LogP contribution in [0.5, 0.6) is 0 Å². The third-order valence-corrected chi connectivity index (χ3v) is 4.62. The molecule has 5 nitrogen and oxygen atoms in total. The zero-order valence-electron chi connectivity index (χ0n) is 13.9. The lowest BCUT2D eigenvalue weighted by molar-refractivity contribution is 0.161. The second kappa shape index (κ2) is 6.24. The minimum Gasteiger partial charge on any atom is -0.393 e. The van der Waals surface area contributed by atoms with Gasteiger partial charge in [-0.3, -0.25) is 0 Å². The third-order valence-electron chi connectivity index (χ3n) is 4.62. The summed E-state index contributed by atoms with van der Waals surface area (Å²) < 4.78 is 1.93. The van der Waals surface area contributed by atoms with Crippen molar-refractivity contribution in [2.24, 2.45) is 0 Å². The zero-order chi connectivity index (χ0) is 16.5. The average molecular weight is 322 g/mol. The number of fused-ring (bicyclic) bond motifs is 1. The summed E-state index contributed by atoms with van der Waals surface area (Å²) in [6, 6.07) is 14.4. The number of aliphatic hydroxyl groups is 1. The topological polar surface area (TPSA) is 53.7 Å². The Morgan fingerprint density at radius 2 is 1.92 bits per heavy atom. The number of aliphatic hydroxyl groups excluding tert-OH is 1. The molecule has 2 aromatic heterocycles. The van der Waals surface area contributed by atoms with Gasteiger partial charge in [0.15, 0.2) is 5.65 Å². The van der Waals surface area contributed by atoms with Crippen molar-refractivity contribution in [2.45, 2.75) is 32.3 Å². The molecule has 24 heavy (non-hydrogen) atoms. The number of aromatic nitrogens is 3. The van der Waals surface area contributed by atoms with Crippen molar-refractivity contribution in [2.75, 3.05) is 18.0 Å². The summed E-state index contributed by atoms with van der Waals surface area (Å²) in [5, 5.41) is 14.6. The van der Waals surface area contributed by atoms with Crippen LogP contribution >= 0.6 is 0 Å².